The van der Waals surface area contributed by atoms with Gasteiger partial charge in [-0.1, -0.05) is 68.7 Å². The highest BCUT2D eigenvalue weighted by Gasteiger charge is 2.22. The Morgan fingerprint density at radius 1 is 0.889 bits per heavy atom. The van der Waals surface area contributed by atoms with Gasteiger partial charge in [0.25, 0.3) is 0 Å². The van der Waals surface area contributed by atoms with Crippen LogP contribution in [0, 0.1) is 0 Å². The minimum Gasteiger partial charge on any atom is -0.343 e. The Morgan fingerprint density at radius 3 is 2.44 bits per heavy atom. The monoisotopic (exact) mass is 360 g/mol. The van der Waals surface area contributed by atoms with E-state index < -0.39 is 0 Å². The van der Waals surface area contributed by atoms with Crippen molar-refractivity contribution >= 4 is 21.9 Å². The van der Waals surface area contributed by atoms with E-state index in [0.29, 0.717) is 0 Å². The minimum atomic E-state index is 0.210. The van der Waals surface area contributed by atoms with E-state index in [0.717, 1.165) is 24.0 Å². The summed E-state index contributed by atoms with van der Waals surface area (Å²) in [6, 6.07) is 19.6. The van der Waals surface area contributed by atoms with Gasteiger partial charge >= 0.3 is 0 Å². The molecule has 4 rings (SSSR count). The lowest BCUT2D eigenvalue weighted by molar-refractivity contribution is 0.443. The van der Waals surface area contributed by atoms with E-state index in [2.05, 4.69) is 75.9 Å². The normalized spacial score (nSPS) is 12.8. The van der Waals surface area contributed by atoms with Crippen LogP contribution < -0.4 is 0 Å². The van der Waals surface area contributed by atoms with Crippen molar-refractivity contribution in [1.82, 2.24) is 19.6 Å². The Hall–Kier alpha value is -2.62. The maximum absolute atomic E-state index is 4.57. The molecule has 0 fully saturated rings. The first-order valence-electron chi connectivity index (χ1n) is 10.2. The molecule has 0 radical (unpaired) electrons. The van der Waals surface area contributed by atoms with E-state index in [1.165, 1.54) is 42.3 Å². The SMILES string of the molecule is CCCCC(c1cc2ccccc2n1CCCC)n1nnc2ccccc21. The molecule has 0 aliphatic carbocycles. The number of hydrogen-bond acceptors (Lipinski definition) is 2. The molecule has 4 nitrogen and oxygen atoms in total. The second-order valence-corrected chi connectivity index (χ2v) is 7.31. The highest BCUT2D eigenvalue weighted by molar-refractivity contribution is 5.81. The lowest BCUT2D eigenvalue weighted by Gasteiger charge is -2.21. The second kappa shape index (κ2) is 7.95. The van der Waals surface area contributed by atoms with Crippen molar-refractivity contribution in [3.8, 4) is 0 Å². The van der Waals surface area contributed by atoms with Crippen LogP contribution in [-0.2, 0) is 6.54 Å². The predicted molar refractivity (Wildman–Crippen MR) is 112 cm³/mol. The summed E-state index contributed by atoms with van der Waals surface area (Å²) in [6.45, 7) is 5.56. The second-order valence-electron chi connectivity index (χ2n) is 7.31. The van der Waals surface area contributed by atoms with Gasteiger partial charge in [0, 0.05) is 17.8 Å². The molecule has 2 heterocycles. The van der Waals surface area contributed by atoms with Crippen LogP contribution in [0.25, 0.3) is 21.9 Å². The van der Waals surface area contributed by atoms with Crippen molar-refractivity contribution in [2.45, 2.75) is 58.5 Å². The summed E-state index contributed by atoms with van der Waals surface area (Å²) in [5.41, 5.74) is 4.77. The van der Waals surface area contributed by atoms with Gasteiger partial charge in [0.05, 0.1) is 11.6 Å². The average Bonchev–Trinajstić information content (AvgIpc) is 3.29. The van der Waals surface area contributed by atoms with Gasteiger partial charge in [-0.2, -0.15) is 0 Å². The largest absolute Gasteiger partial charge is 0.343 e. The summed E-state index contributed by atoms with van der Waals surface area (Å²) in [5, 5.41) is 10.3. The Kier molecular flexibility index (Phi) is 5.23. The van der Waals surface area contributed by atoms with E-state index in [9.17, 15) is 0 Å². The lowest BCUT2D eigenvalue weighted by Crippen LogP contribution is -2.17. The maximum atomic E-state index is 4.57. The molecule has 0 spiro atoms. The first-order chi connectivity index (χ1) is 13.3. The van der Waals surface area contributed by atoms with Crippen LogP contribution in [0.5, 0.6) is 0 Å². The summed E-state index contributed by atoms with van der Waals surface area (Å²) >= 11 is 0. The fourth-order valence-corrected chi connectivity index (χ4v) is 3.98. The van der Waals surface area contributed by atoms with Crippen LogP contribution in [0.15, 0.2) is 54.6 Å². The quantitative estimate of drug-likeness (QED) is 0.388. The molecule has 0 aliphatic rings. The smallest absolute Gasteiger partial charge is 0.113 e. The average molecular weight is 361 g/mol. The number of para-hydroxylation sites is 2. The van der Waals surface area contributed by atoms with Gasteiger partial charge in [-0.25, -0.2) is 4.68 Å². The third-order valence-corrected chi connectivity index (χ3v) is 5.42. The summed E-state index contributed by atoms with van der Waals surface area (Å²) in [7, 11) is 0. The minimum absolute atomic E-state index is 0.210. The molecule has 1 unspecified atom stereocenters. The van der Waals surface area contributed by atoms with E-state index >= 15 is 0 Å². The molecule has 4 heteroatoms. The molecule has 1 atom stereocenters. The Morgan fingerprint density at radius 2 is 1.63 bits per heavy atom. The van der Waals surface area contributed by atoms with E-state index in [-0.39, 0.29) is 6.04 Å². The van der Waals surface area contributed by atoms with Gasteiger partial charge in [-0.05, 0) is 42.5 Å². The molecule has 0 aliphatic heterocycles. The van der Waals surface area contributed by atoms with Crippen LogP contribution in [0.2, 0.25) is 0 Å². The van der Waals surface area contributed by atoms with Crippen LogP contribution in [-0.4, -0.2) is 19.6 Å². The van der Waals surface area contributed by atoms with Crippen LogP contribution in [0.1, 0.15) is 57.7 Å². The van der Waals surface area contributed by atoms with Gasteiger partial charge in [0.15, 0.2) is 0 Å². The molecule has 4 aromatic rings. The highest BCUT2D eigenvalue weighted by atomic mass is 15.4. The van der Waals surface area contributed by atoms with Crippen molar-refractivity contribution in [2.24, 2.45) is 0 Å². The number of aromatic nitrogens is 4. The molecule has 0 amide bonds. The van der Waals surface area contributed by atoms with Crippen molar-refractivity contribution < 1.29 is 0 Å². The first kappa shape index (κ1) is 17.8. The molecule has 27 heavy (non-hydrogen) atoms. The Labute approximate surface area is 160 Å². The fraction of sp³-hybridized carbons (Fsp3) is 0.391. The third-order valence-electron chi connectivity index (χ3n) is 5.42. The number of benzene rings is 2. The summed E-state index contributed by atoms with van der Waals surface area (Å²) in [6.07, 6.45) is 5.81. The molecule has 0 bridgehead atoms. The zero-order valence-corrected chi connectivity index (χ0v) is 16.3. The molecule has 140 valence electrons. The Bertz CT molecular complexity index is 1030. The summed E-state index contributed by atoms with van der Waals surface area (Å²) < 4.78 is 4.65. The summed E-state index contributed by atoms with van der Waals surface area (Å²) in [5.74, 6) is 0. The number of fused-ring (bicyclic) bond motifs is 2. The van der Waals surface area contributed by atoms with Crippen LogP contribution in [0.4, 0.5) is 0 Å². The molecular formula is C23H28N4. The van der Waals surface area contributed by atoms with Gasteiger partial charge in [-0.15, -0.1) is 5.10 Å². The Balaban J connectivity index is 1.87. The summed E-state index contributed by atoms with van der Waals surface area (Å²) in [4.78, 5) is 0. The van der Waals surface area contributed by atoms with Crippen LogP contribution >= 0.6 is 0 Å². The molecule has 2 aromatic carbocycles. The molecule has 0 saturated carbocycles. The zero-order valence-electron chi connectivity index (χ0n) is 16.3. The van der Waals surface area contributed by atoms with Crippen molar-refractivity contribution in [3.05, 3.63) is 60.3 Å². The van der Waals surface area contributed by atoms with Crippen molar-refractivity contribution in [3.63, 3.8) is 0 Å². The van der Waals surface area contributed by atoms with E-state index in [1.807, 2.05) is 12.1 Å². The van der Waals surface area contributed by atoms with Gasteiger partial charge in [0.1, 0.15) is 5.52 Å². The van der Waals surface area contributed by atoms with Gasteiger partial charge in [-0.3, -0.25) is 0 Å². The molecule has 0 saturated heterocycles. The number of nitrogens with zero attached hydrogens (tertiary/aromatic N) is 4. The number of unbranched alkanes of at least 4 members (excludes halogenated alkanes) is 2. The van der Waals surface area contributed by atoms with Crippen molar-refractivity contribution in [1.29, 1.82) is 0 Å². The number of aryl methyl sites for hydroxylation is 1. The lowest BCUT2D eigenvalue weighted by atomic mass is 10.1. The van der Waals surface area contributed by atoms with E-state index in [4.69, 9.17) is 0 Å². The third kappa shape index (κ3) is 3.36. The first-order valence-corrected chi connectivity index (χ1v) is 10.2. The number of rotatable bonds is 8. The number of hydrogen-bond donors (Lipinski definition) is 0. The predicted octanol–water partition coefficient (Wildman–Crippen LogP) is 5.97. The van der Waals surface area contributed by atoms with Crippen LogP contribution in [0.3, 0.4) is 0 Å². The molecule has 0 N–H and O–H groups in total. The topological polar surface area (TPSA) is 35.6 Å². The zero-order chi connectivity index (χ0) is 18.6. The molecular weight excluding hydrogens is 332 g/mol. The molecule has 2 aromatic heterocycles. The fourth-order valence-electron chi connectivity index (χ4n) is 3.98. The van der Waals surface area contributed by atoms with Gasteiger partial charge in [0.2, 0.25) is 0 Å². The van der Waals surface area contributed by atoms with Gasteiger partial charge < -0.3 is 4.57 Å². The van der Waals surface area contributed by atoms with Crippen molar-refractivity contribution in [2.75, 3.05) is 0 Å². The van der Waals surface area contributed by atoms with E-state index in [1.54, 1.807) is 0 Å². The maximum Gasteiger partial charge on any atom is 0.113 e. The standard InChI is InChI=1S/C23H28N4/c1-3-5-13-22(27-21-15-10-8-12-19(21)24-25-27)23-17-18-11-7-9-14-20(18)26(23)16-6-4-2/h7-12,14-15,17,22H,3-6,13,16H2,1-2H3. The highest BCUT2D eigenvalue weighted by Crippen LogP contribution is 2.32.